The third-order valence-electron chi connectivity index (χ3n) is 6.67. The largest absolute Gasteiger partial charge is 0.467 e. The average Bonchev–Trinajstić information content (AvgIpc) is 3.41. The highest BCUT2D eigenvalue weighted by Crippen LogP contribution is 2.29. The van der Waals surface area contributed by atoms with Gasteiger partial charge >= 0.3 is 0 Å². The van der Waals surface area contributed by atoms with E-state index in [1.54, 1.807) is 23.3 Å². The Kier molecular flexibility index (Phi) is 6.45. The predicted octanol–water partition coefficient (Wildman–Crippen LogP) is 5.38. The summed E-state index contributed by atoms with van der Waals surface area (Å²) in [6.45, 7) is 2.97. The summed E-state index contributed by atoms with van der Waals surface area (Å²) in [5.41, 5.74) is 1.93. The Morgan fingerprint density at radius 2 is 1.66 bits per heavy atom. The average molecular weight is 489 g/mol. The van der Waals surface area contributed by atoms with Crippen molar-refractivity contribution >= 4 is 32.4 Å². The lowest BCUT2D eigenvalue weighted by Gasteiger charge is -2.33. The van der Waals surface area contributed by atoms with E-state index in [9.17, 15) is 13.2 Å². The molecule has 7 heteroatoms. The minimum absolute atomic E-state index is 0.00648. The molecule has 1 fully saturated rings. The molecule has 1 amide bonds. The highest BCUT2D eigenvalue weighted by Gasteiger charge is 2.34. The van der Waals surface area contributed by atoms with Gasteiger partial charge in [-0.1, -0.05) is 48.0 Å². The SMILES string of the molecule is Cc1ccc(N(Cc2ccco2)C(=O)C2CCN(S(=O)(=O)c3ccc4ccccc4c3)CC2)cc1. The summed E-state index contributed by atoms with van der Waals surface area (Å²) < 4.78 is 33.7. The molecule has 35 heavy (non-hydrogen) atoms. The van der Waals surface area contributed by atoms with Crippen LogP contribution < -0.4 is 4.90 Å². The summed E-state index contributed by atoms with van der Waals surface area (Å²) in [5, 5.41) is 1.90. The number of carbonyl (C=O) groups is 1. The number of fused-ring (bicyclic) bond motifs is 1. The molecule has 1 aromatic heterocycles. The maximum Gasteiger partial charge on any atom is 0.243 e. The van der Waals surface area contributed by atoms with Crippen molar-refractivity contribution in [2.75, 3.05) is 18.0 Å². The van der Waals surface area contributed by atoms with Crippen molar-refractivity contribution < 1.29 is 17.6 Å². The first kappa shape index (κ1) is 23.3. The van der Waals surface area contributed by atoms with Gasteiger partial charge in [-0.2, -0.15) is 4.31 Å². The number of hydrogen-bond donors (Lipinski definition) is 0. The number of benzene rings is 3. The minimum atomic E-state index is -3.63. The fourth-order valence-electron chi connectivity index (χ4n) is 4.62. The Hall–Kier alpha value is -3.42. The molecular weight excluding hydrogens is 460 g/mol. The Bertz CT molecular complexity index is 1420. The Morgan fingerprint density at radius 3 is 2.34 bits per heavy atom. The van der Waals surface area contributed by atoms with E-state index in [0.29, 0.717) is 43.1 Å². The third-order valence-corrected chi connectivity index (χ3v) is 8.56. The van der Waals surface area contributed by atoms with E-state index in [1.165, 1.54) is 4.31 Å². The summed E-state index contributed by atoms with van der Waals surface area (Å²) >= 11 is 0. The molecule has 0 N–H and O–H groups in total. The van der Waals surface area contributed by atoms with Crippen molar-refractivity contribution in [3.8, 4) is 0 Å². The van der Waals surface area contributed by atoms with E-state index >= 15 is 0 Å². The highest BCUT2D eigenvalue weighted by atomic mass is 32.2. The number of amides is 1. The number of sulfonamides is 1. The van der Waals surface area contributed by atoms with Crippen LogP contribution in [0.2, 0.25) is 0 Å². The normalized spacial score (nSPS) is 15.3. The predicted molar refractivity (Wildman–Crippen MR) is 137 cm³/mol. The first-order chi connectivity index (χ1) is 16.9. The van der Waals surface area contributed by atoms with Crippen LogP contribution in [-0.2, 0) is 21.4 Å². The van der Waals surface area contributed by atoms with Gasteiger partial charge in [0.2, 0.25) is 15.9 Å². The van der Waals surface area contributed by atoms with Gasteiger partial charge < -0.3 is 9.32 Å². The molecule has 5 rings (SSSR count). The molecule has 0 atom stereocenters. The second-order valence-electron chi connectivity index (χ2n) is 9.03. The van der Waals surface area contributed by atoms with Crippen molar-refractivity contribution in [3.05, 3.63) is 96.4 Å². The first-order valence-electron chi connectivity index (χ1n) is 11.8. The van der Waals surface area contributed by atoms with Gasteiger partial charge in [-0.05, 0) is 66.9 Å². The number of anilines is 1. The molecule has 180 valence electrons. The van der Waals surface area contributed by atoms with Crippen molar-refractivity contribution in [1.82, 2.24) is 4.31 Å². The number of furan rings is 1. The van der Waals surface area contributed by atoms with Crippen LogP contribution in [0.15, 0.2) is 94.4 Å². The lowest BCUT2D eigenvalue weighted by atomic mass is 9.96. The lowest BCUT2D eigenvalue weighted by molar-refractivity contribution is -0.123. The third kappa shape index (κ3) is 4.88. The zero-order chi connectivity index (χ0) is 24.4. The minimum Gasteiger partial charge on any atom is -0.467 e. The first-order valence-corrected chi connectivity index (χ1v) is 13.3. The van der Waals surface area contributed by atoms with Gasteiger partial charge in [0.15, 0.2) is 0 Å². The van der Waals surface area contributed by atoms with Crippen molar-refractivity contribution in [3.63, 3.8) is 0 Å². The van der Waals surface area contributed by atoms with Gasteiger partial charge in [0, 0.05) is 24.7 Å². The maximum atomic E-state index is 13.6. The smallest absolute Gasteiger partial charge is 0.243 e. The number of carbonyl (C=O) groups excluding carboxylic acids is 1. The summed E-state index contributed by atoms with van der Waals surface area (Å²) in [4.78, 5) is 15.6. The van der Waals surface area contributed by atoms with Gasteiger partial charge in [0.1, 0.15) is 5.76 Å². The second-order valence-corrected chi connectivity index (χ2v) is 11.0. The maximum absolute atomic E-state index is 13.6. The summed E-state index contributed by atoms with van der Waals surface area (Å²) in [7, 11) is -3.63. The Morgan fingerprint density at radius 1 is 0.943 bits per heavy atom. The van der Waals surface area contributed by atoms with Gasteiger partial charge in [0.05, 0.1) is 17.7 Å². The summed E-state index contributed by atoms with van der Waals surface area (Å²) in [6, 6.07) is 24.5. The highest BCUT2D eigenvalue weighted by molar-refractivity contribution is 7.89. The quantitative estimate of drug-likeness (QED) is 0.366. The molecule has 1 aliphatic rings. The monoisotopic (exact) mass is 488 g/mol. The number of rotatable bonds is 6. The molecule has 1 aliphatic heterocycles. The van der Waals surface area contributed by atoms with Crippen LogP contribution in [0.3, 0.4) is 0 Å². The topological polar surface area (TPSA) is 70.8 Å². The van der Waals surface area contributed by atoms with Crippen molar-refractivity contribution in [2.45, 2.75) is 31.2 Å². The van der Waals surface area contributed by atoms with Crippen LogP contribution in [0.5, 0.6) is 0 Å². The molecular formula is C28H28N2O4S. The van der Waals surface area contributed by atoms with Crippen molar-refractivity contribution in [1.29, 1.82) is 0 Å². The Balaban J connectivity index is 1.32. The molecule has 2 heterocycles. The molecule has 0 aliphatic carbocycles. The molecule has 0 radical (unpaired) electrons. The molecule has 0 saturated carbocycles. The zero-order valence-corrected chi connectivity index (χ0v) is 20.4. The van der Waals surface area contributed by atoms with E-state index in [-0.39, 0.29) is 11.8 Å². The zero-order valence-electron chi connectivity index (χ0n) is 19.6. The number of nitrogens with zero attached hydrogens (tertiary/aromatic N) is 2. The van der Waals surface area contributed by atoms with Crippen LogP contribution in [0.1, 0.15) is 24.2 Å². The second kappa shape index (κ2) is 9.68. The van der Waals surface area contributed by atoms with Crippen LogP contribution in [0.25, 0.3) is 10.8 Å². The van der Waals surface area contributed by atoms with Gasteiger partial charge in [-0.3, -0.25) is 4.79 Å². The van der Waals surface area contributed by atoms with Crippen LogP contribution in [-0.4, -0.2) is 31.7 Å². The number of aryl methyl sites for hydroxylation is 1. The lowest BCUT2D eigenvalue weighted by Crippen LogP contribution is -2.44. The van der Waals surface area contributed by atoms with Gasteiger partial charge in [0.25, 0.3) is 0 Å². The van der Waals surface area contributed by atoms with Crippen LogP contribution in [0, 0.1) is 12.8 Å². The molecule has 0 bridgehead atoms. The van der Waals surface area contributed by atoms with E-state index in [4.69, 9.17) is 4.42 Å². The molecule has 0 spiro atoms. The molecule has 1 saturated heterocycles. The van der Waals surface area contributed by atoms with Gasteiger partial charge in [-0.25, -0.2) is 8.42 Å². The fourth-order valence-corrected chi connectivity index (χ4v) is 6.13. The van der Waals surface area contributed by atoms with E-state index in [1.807, 2.05) is 73.7 Å². The van der Waals surface area contributed by atoms with E-state index < -0.39 is 10.0 Å². The number of hydrogen-bond acceptors (Lipinski definition) is 4. The summed E-state index contributed by atoms with van der Waals surface area (Å²) in [5.74, 6) is 0.442. The molecule has 6 nitrogen and oxygen atoms in total. The number of piperidine rings is 1. The van der Waals surface area contributed by atoms with Crippen molar-refractivity contribution in [2.24, 2.45) is 5.92 Å². The molecule has 4 aromatic rings. The molecule has 3 aromatic carbocycles. The van der Waals surface area contributed by atoms with E-state index in [0.717, 1.165) is 22.0 Å². The standard InChI is InChI=1S/C28H28N2O4S/c1-21-8-11-25(12-9-21)30(20-26-7-4-18-34-26)28(31)23-14-16-29(17-15-23)35(32,33)27-13-10-22-5-2-3-6-24(22)19-27/h2-13,18-19,23H,14-17,20H2,1H3. The van der Waals surface area contributed by atoms with Gasteiger partial charge in [-0.15, -0.1) is 0 Å². The van der Waals surface area contributed by atoms with Crippen LogP contribution in [0.4, 0.5) is 5.69 Å². The fraction of sp³-hybridized carbons (Fsp3) is 0.250. The molecule has 0 unspecified atom stereocenters. The Labute approximate surface area is 205 Å². The van der Waals surface area contributed by atoms with E-state index in [2.05, 4.69) is 0 Å². The summed E-state index contributed by atoms with van der Waals surface area (Å²) in [6.07, 6.45) is 2.56. The van der Waals surface area contributed by atoms with Crippen LogP contribution >= 0.6 is 0 Å².